The Morgan fingerprint density at radius 1 is 1.04 bits per heavy atom. The molecule has 5 heteroatoms. The van der Waals surface area contributed by atoms with Gasteiger partial charge < -0.3 is 5.73 Å². The van der Waals surface area contributed by atoms with E-state index in [1.54, 1.807) is 0 Å². The summed E-state index contributed by atoms with van der Waals surface area (Å²) in [7, 11) is 0. The number of nitrogens with zero attached hydrogens (tertiary/aromatic N) is 4. The molecule has 122 valence electrons. The maximum absolute atomic E-state index is 9.23. The van der Waals surface area contributed by atoms with Crippen LogP contribution in [0, 0.1) is 32.1 Å². The molecule has 0 aliphatic carbocycles. The highest BCUT2D eigenvalue weighted by Gasteiger charge is 2.19. The Bertz CT molecular complexity index is 1170. The molecule has 0 aliphatic heterocycles. The molecule has 2 aromatic heterocycles. The number of nitrogens with two attached hydrogens (primary N) is 1. The Kier molecular flexibility index (Phi) is 3.22. The standard InChI is InChI=1S/C20H17N5/c1-11-8-14(10-21)9-12(2)18(11)25-16-7-5-4-6-15(16)17-19(22)23-13(3)24-20(17)25/h4-9H,1-3H3,(H2,22,23,24). The minimum absolute atomic E-state index is 0.487. The second-order valence-electron chi connectivity index (χ2n) is 6.28. The van der Waals surface area contributed by atoms with Crippen LogP contribution < -0.4 is 5.73 Å². The topological polar surface area (TPSA) is 80.5 Å². The molecular formula is C20H17N5. The molecule has 2 heterocycles. The summed E-state index contributed by atoms with van der Waals surface area (Å²) in [6.45, 7) is 5.87. The lowest BCUT2D eigenvalue weighted by molar-refractivity contribution is 1.04. The lowest BCUT2D eigenvalue weighted by Gasteiger charge is -2.14. The number of hydrogen-bond donors (Lipinski definition) is 1. The number of fused-ring (bicyclic) bond motifs is 3. The van der Waals surface area contributed by atoms with E-state index in [0.29, 0.717) is 17.2 Å². The fourth-order valence-electron chi connectivity index (χ4n) is 3.59. The molecule has 0 fully saturated rings. The fraction of sp³-hybridized carbons (Fsp3) is 0.150. The van der Waals surface area contributed by atoms with Crippen molar-refractivity contribution < 1.29 is 0 Å². The van der Waals surface area contributed by atoms with E-state index in [1.165, 1.54) is 0 Å². The Balaban J connectivity index is 2.24. The summed E-state index contributed by atoms with van der Waals surface area (Å²) in [5, 5.41) is 11.1. The van der Waals surface area contributed by atoms with Crippen molar-refractivity contribution >= 4 is 27.8 Å². The summed E-state index contributed by atoms with van der Waals surface area (Å²) >= 11 is 0. The first-order chi connectivity index (χ1) is 12.0. The van der Waals surface area contributed by atoms with Crippen LogP contribution in [0.1, 0.15) is 22.5 Å². The molecule has 0 spiro atoms. The molecule has 0 saturated heterocycles. The molecule has 0 saturated carbocycles. The van der Waals surface area contributed by atoms with Crippen molar-refractivity contribution in [2.24, 2.45) is 0 Å². The van der Waals surface area contributed by atoms with Crippen LogP contribution in [0.4, 0.5) is 5.82 Å². The van der Waals surface area contributed by atoms with Crippen molar-refractivity contribution in [2.75, 3.05) is 5.73 Å². The minimum Gasteiger partial charge on any atom is -0.383 e. The van der Waals surface area contributed by atoms with E-state index < -0.39 is 0 Å². The van der Waals surface area contributed by atoms with Crippen LogP contribution in [-0.2, 0) is 0 Å². The number of aryl methyl sites for hydroxylation is 3. The number of nitriles is 1. The van der Waals surface area contributed by atoms with Gasteiger partial charge in [0.2, 0.25) is 0 Å². The second kappa shape index (κ2) is 5.32. The average Bonchev–Trinajstić information content (AvgIpc) is 2.88. The van der Waals surface area contributed by atoms with E-state index in [9.17, 15) is 5.26 Å². The van der Waals surface area contributed by atoms with Crippen molar-refractivity contribution in [3.05, 3.63) is 58.9 Å². The largest absolute Gasteiger partial charge is 0.383 e. The molecule has 2 aromatic carbocycles. The lowest BCUT2D eigenvalue weighted by Crippen LogP contribution is -2.04. The predicted molar refractivity (Wildman–Crippen MR) is 99.7 cm³/mol. The van der Waals surface area contributed by atoms with Gasteiger partial charge in [-0.05, 0) is 50.1 Å². The predicted octanol–water partition coefficient (Wildman–Crippen LogP) is 3.95. The summed E-state index contributed by atoms with van der Waals surface area (Å²) in [6.07, 6.45) is 0. The summed E-state index contributed by atoms with van der Waals surface area (Å²) in [5.41, 5.74) is 11.8. The number of rotatable bonds is 1. The number of aromatic nitrogens is 3. The molecule has 0 bridgehead atoms. The van der Waals surface area contributed by atoms with Gasteiger partial charge in [-0.15, -0.1) is 0 Å². The Labute approximate surface area is 145 Å². The normalized spacial score (nSPS) is 11.1. The smallest absolute Gasteiger partial charge is 0.151 e. The monoisotopic (exact) mass is 327 g/mol. The highest BCUT2D eigenvalue weighted by atomic mass is 15.1. The van der Waals surface area contributed by atoms with Crippen LogP contribution >= 0.6 is 0 Å². The first-order valence-electron chi connectivity index (χ1n) is 8.06. The van der Waals surface area contributed by atoms with E-state index in [0.717, 1.165) is 38.8 Å². The van der Waals surface area contributed by atoms with Crippen molar-refractivity contribution in [2.45, 2.75) is 20.8 Å². The van der Waals surface area contributed by atoms with Crippen LogP contribution in [0.3, 0.4) is 0 Å². The maximum atomic E-state index is 9.23. The van der Waals surface area contributed by atoms with Gasteiger partial charge in [-0.1, -0.05) is 18.2 Å². The molecule has 5 nitrogen and oxygen atoms in total. The van der Waals surface area contributed by atoms with E-state index >= 15 is 0 Å². The number of anilines is 1. The van der Waals surface area contributed by atoms with E-state index in [4.69, 9.17) is 5.73 Å². The maximum Gasteiger partial charge on any atom is 0.151 e. The van der Waals surface area contributed by atoms with Gasteiger partial charge in [0.05, 0.1) is 28.2 Å². The van der Waals surface area contributed by atoms with Crippen molar-refractivity contribution in [3.8, 4) is 11.8 Å². The van der Waals surface area contributed by atoms with E-state index in [2.05, 4.69) is 26.7 Å². The highest BCUT2D eigenvalue weighted by molar-refractivity contribution is 6.12. The van der Waals surface area contributed by atoms with Gasteiger partial charge in [0, 0.05) is 5.39 Å². The Morgan fingerprint density at radius 2 is 1.72 bits per heavy atom. The van der Waals surface area contributed by atoms with Crippen molar-refractivity contribution in [1.29, 1.82) is 5.26 Å². The third-order valence-corrected chi connectivity index (χ3v) is 4.50. The van der Waals surface area contributed by atoms with Crippen LogP contribution in [0.15, 0.2) is 36.4 Å². The summed E-state index contributed by atoms with van der Waals surface area (Å²) in [5.74, 6) is 1.12. The van der Waals surface area contributed by atoms with Crippen LogP contribution in [-0.4, -0.2) is 14.5 Å². The van der Waals surface area contributed by atoms with Crippen molar-refractivity contribution in [1.82, 2.24) is 14.5 Å². The molecule has 0 unspecified atom stereocenters. The molecule has 25 heavy (non-hydrogen) atoms. The van der Waals surface area contributed by atoms with Crippen LogP contribution in [0.5, 0.6) is 0 Å². The molecule has 0 amide bonds. The van der Waals surface area contributed by atoms with Gasteiger partial charge >= 0.3 is 0 Å². The molecule has 0 atom stereocenters. The fourth-order valence-corrected chi connectivity index (χ4v) is 3.59. The molecule has 4 aromatic rings. The van der Waals surface area contributed by atoms with Gasteiger partial charge in [0.15, 0.2) is 5.65 Å². The first-order valence-corrected chi connectivity index (χ1v) is 8.06. The minimum atomic E-state index is 0.487. The van der Waals surface area contributed by atoms with Crippen LogP contribution in [0.2, 0.25) is 0 Å². The first kappa shape index (κ1) is 15.2. The molecule has 4 rings (SSSR count). The second-order valence-corrected chi connectivity index (χ2v) is 6.28. The van der Waals surface area contributed by atoms with Gasteiger partial charge in [-0.3, -0.25) is 4.57 Å². The Morgan fingerprint density at radius 3 is 2.40 bits per heavy atom. The number of para-hydroxylation sites is 1. The van der Waals surface area contributed by atoms with Crippen LogP contribution in [0.25, 0.3) is 27.6 Å². The zero-order chi connectivity index (χ0) is 17.7. The number of hydrogen-bond acceptors (Lipinski definition) is 4. The van der Waals surface area contributed by atoms with Gasteiger partial charge in [0.1, 0.15) is 11.6 Å². The Hall–Kier alpha value is -3.39. The zero-order valence-electron chi connectivity index (χ0n) is 14.3. The summed E-state index contributed by atoms with van der Waals surface area (Å²) in [4.78, 5) is 9.02. The summed E-state index contributed by atoms with van der Waals surface area (Å²) in [6, 6.07) is 14.1. The lowest BCUT2D eigenvalue weighted by atomic mass is 10.0. The summed E-state index contributed by atoms with van der Waals surface area (Å²) < 4.78 is 2.13. The number of benzene rings is 2. The van der Waals surface area contributed by atoms with Gasteiger partial charge in [-0.25, -0.2) is 9.97 Å². The van der Waals surface area contributed by atoms with Gasteiger partial charge in [0.25, 0.3) is 0 Å². The molecule has 2 N–H and O–H groups in total. The van der Waals surface area contributed by atoms with E-state index in [1.807, 2.05) is 51.1 Å². The third kappa shape index (κ3) is 2.15. The molecular weight excluding hydrogens is 310 g/mol. The molecule has 0 aliphatic rings. The average molecular weight is 327 g/mol. The SMILES string of the molecule is Cc1nc(N)c2c3ccccc3n(-c3c(C)cc(C#N)cc3C)c2n1. The zero-order valence-corrected chi connectivity index (χ0v) is 14.3. The van der Waals surface area contributed by atoms with Crippen molar-refractivity contribution in [3.63, 3.8) is 0 Å². The number of nitrogen functional groups attached to an aromatic ring is 1. The highest BCUT2D eigenvalue weighted by Crippen LogP contribution is 2.35. The van der Waals surface area contributed by atoms with Gasteiger partial charge in [-0.2, -0.15) is 5.26 Å². The third-order valence-electron chi connectivity index (χ3n) is 4.50. The molecule has 0 radical (unpaired) electrons. The quantitative estimate of drug-likeness (QED) is 0.574. The van der Waals surface area contributed by atoms with E-state index in [-0.39, 0.29) is 0 Å².